The zero-order valence-corrected chi connectivity index (χ0v) is 13.8. The molecule has 1 atom stereocenters. The average Bonchev–Trinajstić information content (AvgIpc) is 3.04. The minimum atomic E-state index is 0.316. The van der Waals surface area contributed by atoms with E-state index in [1.54, 1.807) is 4.52 Å². The molecule has 0 saturated carbocycles. The minimum absolute atomic E-state index is 0.316. The van der Waals surface area contributed by atoms with Crippen LogP contribution in [0.25, 0.3) is 5.78 Å². The van der Waals surface area contributed by atoms with Crippen molar-refractivity contribution in [2.45, 2.75) is 32.7 Å². The molecule has 24 heavy (non-hydrogen) atoms. The monoisotopic (exact) mass is 324 g/mol. The number of aryl methyl sites for hydroxylation is 2. The number of hydrogen-bond acceptors (Lipinski definition) is 7. The Labute approximate surface area is 140 Å². The summed E-state index contributed by atoms with van der Waals surface area (Å²) in [7, 11) is 0. The summed E-state index contributed by atoms with van der Waals surface area (Å²) < 4.78 is 1.75. The Kier molecular flexibility index (Phi) is 3.72. The molecule has 3 aromatic heterocycles. The van der Waals surface area contributed by atoms with Gasteiger partial charge in [-0.3, -0.25) is 0 Å². The molecule has 1 N–H and O–H groups in total. The molecule has 0 amide bonds. The number of anilines is 2. The fourth-order valence-corrected chi connectivity index (χ4v) is 3.11. The lowest BCUT2D eigenvalue weighted by Crippen LogP contribution is -2.43. The van der Waals surface area contributed by atoms with Crippen LogP contribution in [-0.2, 0) is 0 Å². The van der Waals surface area contributed by atoms with E-state index in [9.17, 15) is 0 Å². The largest absolute Gasteiger partial charge is 0.365 e. The number of hydrogen-bond donors (Lipinski definition) is 1. The van der Waals surface area contributed by atoms with Gasteiger partial charge < -0.3 is 10.2 Å². The Balaban J connectivity index is 1.54. The Morgan fingerprint density at radius 2 is 2.08 bits per heavy atom. The van der Waals surface area contributed by atoms with Crippen LogP contribution in [0.2, 0.25) is 0 Å². The van der Waals surface area contributed by atoms with E-state index < -0.39 is 0 Å². The van der Waals surface area contributed by atoms with Crippen molar-refractivity contribution in [1.29, 1.82) is 0 Å². The van der Waals surface area contributed by atoms with Gasteiger partial charge in [-0.05, 0) is 38.8 Å². The second-order valence-corrected chi connectivity index (χ2v) is 6.22. The highest BCUT2D eigenvalue weighted by atomic mass is 15.4. The number of rotatable bonds is 3. The normalized spacial score (nSPS) is 18.1. The second-order valence-electron chi connectivity index (χ2n) is 6.22. The zero-order chi connectivity index (χ0) is 16.5. The first-order valence-electron chi connectivity index (χ1n) is 8.18. The molecule has 124 valence electrons. The van der Waals surface area contributed by atoms with Crippen molar-refractivity contribution in [3.63, 3.8) is 0 Å². The molecule has 8 nitrogen and oxygen atoms in total. The van der Waals surface area contributed by atoms with Crippen LogP contribution in [0.15, 0.2) is 24.5 Å². The van der Waals surface area contributed by atoms with Gasteiger partial charge in [0.15, 0.2) is 5.82 Å². The summed E-state index contributed by atoms with van der Waals surface area (Å²) in [6.07, 6.45) is 3.74. The maximum Gasteiger partial charge on any atom is 0.254 e. The van der Waals surface area contributed by atoms with Crippen molar-refractivity contribution in [2.75, 3.05) is 23.3 Å². The Morgan fingerprint density at radius 3 is 2.92 bits per heavy atom. The highest BCUT2D eigenvalue weighted by Crippen LogP contribution is 2.20. The van der Waals surface area contributed by atoms with E-state index in [2.05, 4.69) is 35.5 Å². The van der Waals surface area contributed by atoms with Crippen LogP contribution >= 0.6 is 0 Å². The van der Waals surface area contributed by atoms with Crippen LogP contribution in [0.3, 0.4) is 0 Å². The molecule has 0 aromatic carbocycles. The lowest BCUT2D eigenvalue weighted by Gasteiger charge is -2.34. The molecule has 0 unspecified atom stereocenters. The van der Waals surface area contributed by atoms with E-state index in [0.717, 1.165) is 49.0 Å². The highest BCUT2D eigenvalue weighted by Gasteiger charge is 2.22. The number of piperidine rings is 1. The molecule has 3 aromatic rings. The molecule has 0 spiro atoms. The fraction of sp³-hybridized carbons (Fsp3) is 0.438. The van der Waals surface area contributed by atoms with Gasteiger partial charge in [-0.15, -0.1) is 5.10 Å². The second kappa shape index (κ2) is 6.03. The zero-order valence-electron chi connectivity index (χ0n) is 13.8. The SMILES string of the molecule is Cc1ccc(N2CCC[C@H](Nc3cc(C)nc4ncnn34)C2)nn1. The van der Waals surface area contributed by atoms with Crippen LogP contribution in [0, 0.1) is 13.8 Å². The maximum absolute atomic E-state index is 4.38. The van der Waals surface area contributed by atoms with Crippen LogP contribution < -0.4 is 10.2 Å². The van der Waals surface area contributed by atoms with Crippen molar-refractivity contribution in [3.8, 4) is 0 Å². The van der Waals surface area contributed by atoms with Gasteiger partial charge in [0.25, 0.3) is 5.78 Å². The van der Waals surface area contributed by atoms with Crippen LogP contribution in [0.4, 0.5) is 11.6 Å². The van der Waals surface area contributed by atoms with Gasteiger partial charge in [0.05, 0.1) is 5.69 Å². The summed E-state index contributed by atoms with van der Waals surface area (Å²) >= 11 is 0. The van der Waals surface area contributed by atoms with Gasteiger partial charge in [-0.25, -0.2) is 4.98 Å². The molecule has 0 bridgehead atoms. The third kappa shape index (κ3) is 2.86. The Bertz CT molecular complexity index is 841. The van der Waals surface area contributed by atoms with Crippen molar-refractivity contribution in [1.82, 2.24) is 29.8 Å². The molecule has 0 radical (unpaired) electrons. The maximum atomic E-state index is 4.38. The summed E-state index contributed by atoms with van der Waals surface area (Å²) in [5.41, 5.74) is 1.86. The summed E-state index contributed by atoms with van der Waals surface area (Å²) in [5, 5.41) is 16.3. The van der Waals surface area contributed by atoms with E-state index >= 15 is 0 Å². The molecule has 8 heteroatoms. The Hall–Kier alpha value is -2.77. The van der Waals surface area contributed by atoms with Crippen LogP contribution in [0.5, 0.6) is 0 Å². The van der Waals surface area contributed by atoms with Gasteiger partial charge in [0, 0.05) is 30.9 Å². The molecule has 4 rings (SSSR count). The first kappa shape index (κ1) is 14.8. The van der Waals surface area contributed by atoms with Gasteiger partial charge in [0.2, 0.25) is 0 Å². The van der Waals surface area contributed by atoms with E-state index in [1.165, 1.54) is 6.33 Å². The molecular formula is C16H20N8. The van der Waals surface area contributed by atoms with Crippen molar-refractivity contribution in [3.05, 3.63) is 35.9 Å². The van der Waals surface area contributed by atoms with Gasteiger partial charge in [-0.1, -0.05) is 0 Å². The van der Waals surface area contributed by atoms with Crippen molar-refractivity contribution >= 4 is 17.4 Å². The fourth-order valence-electron chi connectivity index (χ4n) is 3.11. The first-order valence-corrected chi connectivity index (χ1v) is 8.18. The number of nitrogens with one attached hydrogen (secondary N) is 1. The number of nitrogens with zero attached hydrogens (tertiary/aromatic N) is 7. The molecule has 1 saturated heterocycles. The van der Waals surface area contributed by atoms with Crippen molar-refractivity contribution < 1.29 is 0 Å². The quantitative estimate of drug-likeness (QED) is 0.783. The Morgan fingerprint density at radius 1 is 1.17 bits per heavy atom. The predicted molar refractivity (Wildman–Crippen MR) is 91.1 cm³/mol. The highest BCUT2D eigenvalue weighted by molar-refractivity contribution is 5.46. The molecular weight excluding hydrogens is 304 g/mol. The topological polar surface area (TPSA) is 84.1 Å². The summed E-state index contributed by atoms with van der Waals surface area (Å²) in [5.74, 6) is 2.48. The van der Waals surface area contributed by atoms with Gasteiger partial charge in [0.1, 0.15) is 12.1 Å². The molecule has 1 aliphatic rings. The summed E-state index contributed by atoms with van der Waals surface area (Å²) in [6, 6.07) is 6.37. The number of fused-ring (bicyclic) bond motifs is 1. The van der Waals surface area contributed by atoms with E-state index in [0.29, 0.717) is 11.8 Å². The summed E-state index contributed by atoms with van der Waals surface area (Å²) in [4.78, 5) is 10.8. The van der Waals surface area contributed by atoms with Gasteiger partial charge in [-0.2, -0.15) is 19.7 Å². The minimum Gasteiger partial charge on any atom is -0.365 e. The molecule has 1 fully saturated rings. The average molecular weight is 324 g/mol. The lowest BCUT2D eigenvalue weighted by atomic mass is 10.1. The smallest absolute Gasteiger partial charge is 0.254 e. The van der Waals surface area contributed by atoms with Crippen LogP contribution in [0.1, 0.15) is 24.2 Å². The molecule has 0 aliphatic carbocycles. The van der Waals surface area contributed by atoms with Crippen LogP contribution in [-0.4, -0.2) is 48.9 Å². The summed E-state index contributed by atoms with van der Waals surface area (Å²) in [6.45, 7) is 5.81. The number of aromatic nitrogens is 6. The standard InChI is InChI=1S/C16H20N8/c1-11-5-6-14(22-21-11)23-7-3-4-13(9-23)20-15-8-12(2)19-16-17-10-18-24(15)16/h5-6,8,10,13,20H,3-4,7,9H2,1-2H3/t13-/m0/s1. The predicted octanol–water partition coefficient (Wildman–Crippen LogP) is 1.61. The van der Waals surface area contributed by atoms with E-state index in [4.69, 9.17) is 0 Å². The molecule has 1 aliphatic heterocycles. The first-order chi connectivity index (χ1) is 11.7. The third-order valence-electron chi connectivity index (χ3n) is 4.26. The van der Waals surface area contributed by atoms with E-state index in [-0.39, 0.29) is 0 Å². The van der Waals surface area contributed by atoms with E-state index in [1.807, 2.05) is 32.0 Å². The third-order valence-corrected chi connectivity index (χ3v) is 4.26. The van der Waals surface area contributed by atoms with Crippen molar-refractivity contribution in [2.24, 2.45) is 0 Å². The van der Waals surface area contributed by atoms with Gasteiger partial charge >= 0.3 is 0 Å². The molecule has 4 heterocycles. The lowest BCUT2D eigenvalue weighted by molar-refractivity contribution is 0.522.